The van der Waals surface area contributed by atoms with Gasteiger partial charge >= 0.3 is 0 Å². The molecular formula is C19H29NO3. The van der Waals surface area contributed by atoms with Gasteiger partial charge in [0.1, 0.15) is 0 Å². The van der Waals surface area contributed by atoms with Crippen molar-refractivity contribution in [1.29, 1.82) is 0 Å². The summed E-state index contributed by atoms with van der Waals surface area (Å²) in [5, 5.41) is 10.0. The third-order valence-electron chi connectivity index (χ3n) is 4.96. The monoisotopic (exact) mass is 319 g/mol. The molecule has 0 bridgehead atoms. The minimum atomic E-state index is -0.661. The SMILES string of the molecule is CC1(C)C=CC/C=C/C(=O)N(CCCC2CCCCC2O)C1=O. The fourth-order valence-electron chi connectivity index (χ4n) is 3.47. The molecule has 0 radical (unpaired) electrons. The number of amides is 2. The van der Waals surface area contributed by atoms with Crippen LogP contribution in [0, 0.1) is 11.3 Å². The molecule has 0 aromatic rings. The van der Waals surface area contributed by atoms with Gasteiger partial charge in [-0.25, -0.2) is 0 Å². The number of aliphatic hydroxyl groups is 1. The molecule has 1 saturated carbocycles. The predicted molar refractivity (Wildman–Crippen MR) is 90.6 cm³/mol. The Morgan fingerprint density at radius 1 is 1.22 bits per heavy atom. The summed E-state index contributed by atoms with van der Waals surface area (Å²) in [5.74, 6) is -0.0552. The van der Waals surface area contributed by atoms with Gasteiger partial charge < -0.3 is 5.11 Å². The number of imide groups is 1. The largest absolute Gasteiger partial charge is 0.393 e. The zero-order valence-electron chi connectivity index (χ0n) is 14.3. The average molecular weight is 319 g/mol. The van der Waals surface area contributed by atoms with Crippen LogP contribution in [-0.4, -0.2) is 34.5 Å². The first-order valence-electron chi connectivity index (χ1n) is 8.80. The van der Waals surface area contributed by atoms with Gasteiger partial charge in [0.25, 0.3) is 5.91 Å². The molecule has 0 aromatic carbocycles. The van der Waals surface area contributed by atoms with Gasteiger partial charge in [-0.3, -0.25) is 14.5 Å². The van der Waals surface area contributed by atoms with Gasteiger partial charge in [0.2, 0.25) is 5.91 Å². The summed E-state index contributed by atoms with van der Waals surface area (Å²) >= 11 is 0. The van der Waals surface area contributed by atoms with Crippen LogP contribution in [0.2, 0.25) is 0 Å². The highest BCUT2D eigenvalue weighted by Crippen LogP contribution is 2.28. The van der Waals surface area contributed by atoms with Gasteiger partial charge in [-0.05, 0) is 57.9 Å². The molecule has 128 valence electrons. The lowest BCUT2D eigenvalue weighted by atomic mass is 9.83. The molecule has 1 aliphatic carbocycles. The standard InChI is InChI=1S/C19H29NO3/c1-19(2)13-7-3-4-12-17(22)20(18(19)23)14-8-10-15-9-5-6-11-16(15)21/h4,7,12-13,15-16,21H,3,5-6,8-11,14H2,1-2H3/b12-4+,13-7?. The quantitative estimate of drug-likeness (QED) is 0.639. The molecule has 4 heteroatoms. The molecule has 4 nitrogen and oxygen atoms in total. The van der Waals surface area contributed by atoms with Crippen LogP contribution in [0.5, 0.6) is 0 Å². The van der Waals surface area contributed by atoms with Crippen LogP contribution in [0.1, 0.15) is 58.8 Å². The van der Waals surface area contributed by atoms with Crippen molar-refractivity contribution in [3.8, 4) is 0 Å². The number of carbonyl (C=O) groups excluding carboxylic acids is 2. The normalized spacial score (nSPS) is 29.8. The molecule has 2 unspecified atom stereocenters. The Bertz CT molecular complexity index is 493. The van der Waals surface area contributed by atoms with Gasteiger partial charge in [-0.2, -0.15) is 0 Å². The Labute approximate surface area is 139 Å². The zero-order chi connectivity index (χ0) is 16.9. The van der Waals surface area contributed by atoms with Gasteiger partial charge in [-0.1, -0.05) is 31.1 Å². The number of aliphatic hydroxyl groups excluding tert-OH is 1. The van der Waals surface area contributed by atoms with Crippen LogP contribution in [0.15, 0.2) is 24.3 Å². The highest BCUT2D eigenvalue weighted by Gasteiger charge is 2.33. The van der Waals surface area contributed by atoms with E-state index < -0.39 is 5.41 Å². The van der Waals surface area contributed by atoms with Gasteiger partial charge in [-0.15, -0.1) is 0 Å². The Morgan fingerprint density at radius 3 is 2.70 bits per heavy atom. The van der Waals surface area contributed by atoms with E-state index in [9.17, 15) is 14.7 Å². The van der Waals surface area contributed by atoms with Crippen molar-refractivity contribution in [2.24, 2.45) is 11.3 Å². The summed E-state index contributed by atoms with van der Waals surface area (Å²) in [7, 11) is 0. The van der Waals surface area contributed by atoms with Crippen molar-refractivity contribution in [3.63, 3.8) is 0 Å². The minimum absolute atomic E-state index is 0.144. The van der Waals surface area contributed by atoms with E-state index in [4.69, 9.17) is 0 Å². The summed E-state index contributed by atoms with van der Waals surface area (Å²) in [6, 6.07) is 0. The van der Waals surface area contributed by atoms with Crippen LogP contribution < -0.4 is 0 Å². The number of hydrogen-bond donors (Lipinski definition) is 1. The van der Waals surface area contributed by atoms with E-state index in [-0.39, 0.29) is 17.9 Å². The first-order valence-corrected chi connectivity index (χ1v) is 8.80. The van der Waals surface area contributed by atoms with E-state index >= 15 is 0 Å². The Morgan fingerprint density at radius 2 is 1.96 bits per heavy atom. The number of rotatable bonds is 4. The van der Waals surface area contributed by atoms with E-state index in [0.29, 0.717) is 18.9 Å². The maximum atomic E-state index is 12.7. The minimum Gasteiger partial charge on any atom is -0.393 e. The van der Waals surface area contributed by atoms with Crippen molar-refractivity contribution in [2.75, 3.05) is 6.54 Å². The Hall–Kier alpha value is -1.42. The maximum Gasteiger partial charge on any atom is 0.252 e. The molecule has 1 aliphatic heterocycles. The fourth-order valence-corrected chi connectivity index (χ4v) is 3.47. The predicted octanol–water partition coefficient (Wildman–Crippen LogP) is 3.22. The van der Waals surface area contributed by atoms with Crippen LogP contribution in [0.3, 0.4) is 0 Å². The molecule has 2 aliphatic rings. The molecule has 2 amide bonds. The summed E-state index contributed by atoms with van der Waals surface area (Å²) in [6.07, 6.45) is 13.4. The topological polar surface area (TPSA) is 57.6 Å². The van der Waals surface area contributed by atoms with E-state index in [1.807, 2.05) is 26.0 Å². The Kier molecular flexibility index (Phi) is 6.17. The molecule has 1 fully saturated rings. The second-order valence-electron chi connectivity index (χ2n) is 7.31. The van der Waals surface area contributed by atoms with E-state index in [1.165, 1.54) is 17.4 Å². The van der Waals surface area contributed by atoms with E-state index in [2.05, 4.69) is 0 Å². The van der Waals surface area contributed by atoms with Crippen LogP contribution in [-0.2, 0) is 9.59 Å². The molecule has 0 spiro atoms. The van der Waals surface area contributed by atoms with Gasteiger partial charge in [0.05, 0.1) is 11.5 Å². The summed E-state index contributed by atoms with van der Waals surface area (Å²) in [4.78, 5) is 26.4. The maximum absolute atomic E-state index is 12.7. The van der Waals surface area contributed by atoms with Crippen molar-refractivity contribution in [2.45, 2.75) is 64.9 Å². The fraction of sp³-hybridized carbons (Fsp3) is 0.684. The molecule has 0 saturated heterocycles. The number of carbonyl (C=O) groups is 2. The van der Waals surface area contributed by atoms with Crippen molar-refractivity contribution >= 4 is 11.8 Å². The van der Waals surface area contributed by atoms with Crippen molar-refractivity contribution in [3.05, 3.63) is 24.3 Å². The molecule has 2 atom stereocenters. The highest BCUT2D eigenvalue weighted by atomic mass is 16.3. The molecular weight excluding hydrogens is 290 g/mol. The lowest BCUT2D eigenvalue weighted by molar-refractivity contribution is -0.146. The molecule has 0 aromatic heterocycles. The summed E-state index contributed by atoms with van der Waals surface area (Å²) in [5.41, 5.74) is -0.661. The lowest BCUT2D eigenvalue weighted by Gasteiger charge is -2.30. The second-order valence-corrected chi connectivity index (χ2v) is 7.31. The van der Waals surface area contributed by atoms with Gasteiger partial charge in [0, 0.05) is 6.54 Å². The second kappa shape index (κ2) is 7.91. The molecule has 23 heavy (non-hydrogen) atoms. The van der Waals surface area contributed by atoms with Crippen molar-refractivity contribution < 1.29 is 14.7 Å². The van der Waals surface area contributed by atoms with Gasteiger partial charge in [0.15, 0.2) is 0 Å². The number of allylic oxidation sites excluding steroid dienone is 2. The van der Waals surface area contributed by atoms with Crippen LogP contribution in [0.4, 0.5) is 0 Å². The first kappa shape index (κ1) is 17.9. The molecule has 1 heterocycles. The third-order valence-corrected chi connectivity index (χ3v) is 4.96. The first-order chi connectivity index (χ1) is 10.9. The third kappa shape index (κ3) is 4.77. The average Bonchev–Trinajstić information content (AvgIpc) is 2.55. The van der Waals surface area contributed by atoms with Crippen molar-refractivity contribution in [1.82, 2.24) is 4.90 Å². The summed E-state index contributed by atoms with van der Waals surface area (Å²) in [6.45, 7) is 4.13. The number of nitrogens with zero attached hydrogens (tertiary/aromatic N) is 1. The smallest absolute Gasteiger partial charge is 0.252 e. The van der Waals surface area contributed by atoms with Crippen LogP contribution >= 0.6 is 0 Å². The number of hydrogen-bond acceptors (Lipinski definition) is 3. The molecule has 1 N–H and O–H groups in total. The highest BCUT2D eigenvalue weighted by molar-refractivity contribution is 6.03. The van der Waals surface area contributed by atoms with E-state index in [0.717, 1.165) is 32.1 Å². The Balaban J connectivity index is 1.98. The lowest BCUT2D eigenvalue weighted by Crippen LogP contribution is -2.43. The van der Waals surface area contributed by atoms with E-state index in [1.54, 1.807) is 6.08 Å². The molecule has 2 rings (SSSR count). The zero-order valence-corrected chi connectivity index (χ0v) is 14.3. The van der Waals surface area contributed by atoms with Crippen LogP contribution in [0.25, 0.3) is 0 Å². The summed E-state index contributed by atoms with van der Waals surface area (Å²) < 4.78 is 0.